The highest BCUT2D eigenvalue weighted by Crippen LogP contribution is 2.26. The highest BCUT2D eigenvalue weighted by Gasteiger charge is 2.10. The number of aromatic hydroxyl groups is 1. The second-order valence-corrected chi connectivity index (χ2v) is 7.08. The van der Waals surface area contributed by atoms with Gasteiger partial charge in [-0.15, -0.1) is 16.4 Å². The largest absolute Gasteiger partial charge is 0.508 e. The zero-order chi connectivity index (χ0) is 20.1. The van der Waals surface area contributed by atoms with E-state index in [4.69, 9.17) is 4.74 Å². The summed E-state index contributed by atoms with van der Waals surface area (Å²) in [5.74, 6) is 0.999. The summed E-state index contributed by atoms with van der Waals surface area (Å²) in [5, 5.41) is 20.6. The van der Waals surface area contributed by atoms with E-state index >= 15 is 0 Å². The third-order valence-corrected chi connectivity index (χ3v) is 5.12. The van der Waals surface area contributed by atoms with Crippen LogP contribution < -0.4 is 9.54 Å². The van der Waals surface area contributed by atoms with E-state index in [-0.39, 0.29) is 5.75 Å². The average Bonchev–Trinajstić information content (AvgIpc) is 3.18. The second-order valence-electron chi connectivity index (χ2n) is 6.25. The van der Waals surface area contributed by atoms with Crippen molar-refractivity contribution in [3.05, 3.63) is 94.6 Å². The van der Waals surface area contributed by atoms with E-state index in [1.807, 2.05) is 76.7 Å². The number of para-hydroxylation sites is 1. The predicted octanol–water partition coefficient (Wildman–Crippen LogP) is 4.85. The number of hydrogen-bond donors (Lipinski definition) is 1. The van der Waals surface area contributed by atoms with E-state index in [9.17, 15) is 5.11 Å². The highest BCUT2D eigenvalue weighted by atomic mass is 32.1. The summed E-state index contributed by atoms with van der Waals surface area (Å²) in [7, 11) is 1.64. The molecule has 0 fully saturated rings. The number of nitrogens with zero attached hydrogens (tertiary/aromatic N) is 3. The van der Waals surface area contributed by atoms with Crippen LogP contribution in [-0.2, 0) is 0 Å². The number of benzene rings is 3. The molecule has 5 nitrogen and oxygen atoms in total. The number of phenols is 1. The van der Waals surface area contributed by atoms with E-state index < -0.39 is 0 Å². The maximum absolute atomic E-state index is 9.89. The minimum atomic E-state index is 0.225. The van der Waals surface area contributed by atoms with Crippen LogP contribution in [0.25, 0.3) is 16.9 Å². The van der Waals surface area contributed by atoms with Crippen LogP contribution in [0, 0.1) is 0 Å². The molecule has 4 rings (SSSR count). The summed E-state index contributed by atoms with van der Waals surface area (Å²) in [6, 6.07) is 24.8. The van der Waals surface area contributed by atoms with Gasteiger partial charge in [-0.2, -0.15) is 5.10 Å². The fourth-order valence-electron chi connectivity index (χ4n) is 2.94. The lowest BCUT2D eigenvalue weighted by Crippen LogP contribution is -2.13. The highest BCUT2D eigenvalue weighted by molar-refractivity contribution is 7.07. The standard InChI is InChI=1S/C23H19N3O2S/c1-28-21-12-5-7-17(13-21)15-24-25-23-26(19-9-3-2-4-10-19)22(16-29-23)18-8-6-11-20(27)14-18/h2-16,27H,1H3/b24-15+,25-23+. The van der Waals surface area contributed by atoms with Crippen molar-refractivity contribution in [1.29, 1.82) is 0 Å². The molecule has 0 saturated heterocycles. The number of methoxy groups -OCH3 is 1. The molecule has 144 valence electrons. The Kier molecular flexibility index (Phi) is 5.54. The quantitative estimate of drug-likeness (QED) is 0.384. The molecule has 6 heteroatoms. The van der Waals surface area contributed by atoms with E-state index in [0.717, 1.165) is 33.1 Å². The van der Waals surface area contributed by atoms with Crippen molar-refractivity contribution in [2.45, 2.75) is 0 Å². The lowest BCUT2D eigenvalue weighted by molar-refractivity contribution is 0.415. The van der Waals surface area contributed by atoms with Crippen molar-refractivity contribution in [2.75, 3.05) is 7.11 Å². The summed E-state index contributed by atoms with van der Waals surface area (Å²) in [4.78, 5) is 0.730. The van der Waals surface area contributed by atoms with Crippen molar-refractivity contribution in [3.63, 3.8) is 0 Å². The Labute approximate surface area is 172 Å². The van der Waals surface area contributed by atoms with Gasteiger partial charge in [0.1, 0.15) is 11.5 Å². The van der Waals surface area contributed by atoms with Gasteiger partial charge in [-0.3, -0.25) is 4.57 Å². The zero-order valence-electron chi connectivity index (χ0n) is 15.8. The van der Waals surface area contributed by atoms with E-state index in [2.05, 4.69) is 10.2 Å². The fraction of sp³-hybridized carbons (Fsp3) is 0.0435. The number of thiazole rings is 1. The van der Waals surface area contributed by atoms with Crippen LogP contribution in [0.2, 0.25) is 0 Å². The lowest BCUT2D eigenvalue weighted by Gasteiger charge is -2.09. The van der Waals surface area contributed by atoms with Crippen molar-refractivity contribution in [2.24, 2.45) is 10.2 Å². The Morgan fingerprint density at radius 2 is 1.79 bits per heavy atom. The first-order valence-corrected chi connectivity index (χ1v) is 9.89. The van der Waals surface area contributed by atoms with Gasteiger partial charge in [0.05, 0.1) is 19.0 Å². The molecule has 1 N–H and O–H groups in total. The van der Waals surface area contributed by atoms with Gasteiger partial charge in [0.2, 0.25) is 4.80 Å². The van der Waals surface area contributed by atoms with Crippen LogP contribution in [0.15, 0.2) is 94.4 Å². The van der Waals surface area contributed by atoms with Crippen LogP contribution in [-0.4, -0.2) is 23.0 Å². The van der Waals surface area contributed by atoms with Crippen LogP contribution in [0.3, 0.4) is 0 Å². The Bertz CT molecular complexity index is 1210. The van der Waals surface area contributed by atoms with E-state index in [1.165, 1.54) is 11.3 Å². The topological polar surface area (TPSA) is 59.1 Å². The monoisotopic (exact) mass is 401 g/mol. The van der Waals surface area contributed by atoms with Gasteiger partial charge >= 0.3 is 0 Å². The first-order valence-electron chi connectivity index (χ1n) is 9.01. The van der Waals surface area contributed by atoms with Gasteiger partial charge in [0.25, 0.3) is 0 Å². The smallest absolute Gasteiger partial charge is 0.215 e. The molecule has 1 heterocycles. The number of ether oxygens (including phenoxy) is 1. The van der Waals surface area contributed by atoms with Crippen molar-refractivity contribution in [1.82, 2.24) is 4.57 Å². The summed E-state index contributed by atoms with van der Waals surface area (Å²) in [6.07, 6.45) is 1.70. The summed E-state index contributed by atoms with van der Waals surface area (Å²) in [5.41, 5.74) is 3.72. The third kappa shape index (κ3) is 4.28. The summed E-state index contributed by atoms with van der Waals surface area (Å²) < 4.78 is 7.27. The maximum Gasteiger partial charge on any atom is 0.215 e. The number of rotatable bonds is 5. The van der Waals surface area contributed by atoms with Gasteiger partial charge in [0, 0.05) is 16.6 Å². The Morgan fingerprint density at radius 1 is 0.966 bits per heavy atom. The van der Waals surface area contributed by atoms with Crippen LogP contribution >= 0.6 is 11.3 Å². The molecular weight excluding hydrogens is 382 g/mol. The normalized spacial score (nSPS) is 11.8. The Morgan fingerprint density at radius 3 is 2.59 bits per heavy atom. The molecule has 1 aromatic heterocycles. The number of hydrogen-bond acceptors (Lipinski definition) is 5. The van der Waals surface area contributed by atoms with Gasteiger partial charge in [-0.05, 0) is 42.0 Å². The summed E-state index contributed by atoms with van der Waals surface area (Å²) in [6.45, 7) is 0. The van der Waals surface area contributed by atoms with Crippen LogP contribution in [0.4, 0.5) is 0 Å². The Hall–Kier alpha value is -3.64. The molecule has 0 radical (unpaired) electrons. The fourth-order valence-corrected chi connectivity index (χ4v) is 3.80. The number of phenolic OH excluding ortho intramolecular Hbond substituents is 1. The molecule has 0 unspecified atom stereocenters. The minimum absolute atomic E-state index is 0.225. The molecule has 0 aliphatic heterocycles. The van der Waals surface area contributed by atoms with E-state index in [0.29, 0.717) is 0 Å². The second kappa shape index (κ2) is 8.58. The van der Waals surface area contributed by atoms with Gasteiger partial charge in [-0.1, -0.05) is 42.5 Å². The molecule has 0 spiro atoms. The van der Waals surface area contributed by atoms with E-state index in [1.54, 1.807) is 25.5 Å². The van der Waals surface area contributed by atoms with Crippen molar-refractivity contribution < 1.29 is 9.84 Å². The third-order valence-electron chi connectivity index (χ3n) is 4.31. The Balaban J connectivity index is 1.79. The molecule has 0 amide bonds. The average molecular weight is 401 g/mol. The van der Waals surface area contributed by atoms with Gasteiger partial charge < -0.3 is 9.84 Å². The van der Waals surface area contributed by atoms with Gasteiger partial charge in [-0.25, -0.2) is 0 Å². The number of aromatic nitrogens is 1. The van der Waals surface area contributed by atoms with Crippen LogP contribution in [0.1, 0.15) is 5.56 Å². The zero-order valence-corrected chi connectivity index (χ0v) is 16.6. The minimum Gasteiger partial charge on any atom is -0.508 e. The molecule has 3 aromatic carbocycles. The van der Waals surface area contributed by atoms with Gasteiger partial charge in [0.15, 0.2) is 0 Å². The van der Waals surface area contributed by atoms with Crippen molar-refractivity contribution in [3.8, 4) is 28.4 Å². The molecule has 0 atom stereocenters. The molecular formula is C23H19N3O2S. The predicted molar refractivity (Wildman–Crippen MR) is 117 cm³/mol. The molecule has 0 bridgehead atoms. The molecule has 0 aliphatic rings. The molecule has 0 aliphatic carbocycles. The molecule has 29 heavy (non-hydrogen) atoms. The van der Waals surface area contributed by atoms with Crippen LogP contribution in [0.5, 0.6) is 11.5 Å². The molecule has 4 aromatic rings. The maximum atomic E-state index is 9.89. The van der Waals surface area contributed by atoms with Crippen molar-refractivity contribution >= 4 is 17.6 Å². The summed E-state index contributed by atoms with van der Waals surface area (Å²) >= 11 is 1.49. The first kappa shape index (κ1) is 18.7. The first-order chi connectivity index (χ1) is 14.2. The molecule has 0 saturated carbocycles. The lowest BCUT2D eigenvalue weighted by atomic mass is 10.1. The SMILES string of the molecule is COc1cccc(/C=N/N=c2/scc(-c3cccc(O)c3)n2-c2ccccc2)c1.